The molecular formula is C11H14ClF3O4S. The maximum Gasteiger partial charge on any atom is 0.523 e. The number of rotatable bonds is 3. The highest BCUT2D eigenvalue weighted by Gasteiger charge is 2.71. The molecule has 0 aromatic rings. The van der Waals surface area contributed by atoms with Crippen molar-refractivity contribution in [2.75, 3.05) is 5.88 Å². The van der Waals surface area contributed by atoms with Gasteiger partial charge >= 0.3 is 15.6 Å². The Kier molecular flexibility index (Phi) is 3.47. The Morgan fingerprint density at radius 1 is 1.40 bits per heavy atom. The van der Waals surface area contributed by atoms with Crippen molar-refractivity contribution >= 4 is 27.5 Å². The summed E-state index contributed by atoms with van der Waals surface area (Å²) in [7, 11) is -5.83. The minimum atomic E-state index is -5.83. The van der Waals surface area contributed by atoms with E-state index in [-0.39, 0.29) is 18.2 Å². The molecule has 20 heavy (non-hydrogen) atoms. The van der Waals surface area contributed by atoms with Gasteiger partial charge in [-0.05, 0) is 18.8 Å². The summed E-state index contributed by atoms with van der Waals surface area (Å²) < 4.78 is 64.4. The van der Waals surface area contributed by atoms with E-state index in [2.05, 4.69) is 4.18 Å². The van der Waals surface area contributed by atoms with E-state index in [1.807, 2.05) is 0 Å². The fraction of sp³-hybridized carbons (Fsp3) is 0.909. The summed E-state index contributed by atoms with van der Waals surface area (Å²) >= 11 is 5.75. The van der Waals surface area contributed by atoms with Crippen LogP contribution in [0.2, 0.25) is 0 Å². The van der Waals surface area contributed by atoms with E-state index in [1.54, 1.807) is 13.8 Å². The topological polar surface area (TPSA) is 60.4 Å². The van der Waals surface area contributed by atoms with Gasteiger partial charge in [0.05, 0.1) is 0 Å². The number of halogens is 4. The summed E-state index contributed by atoms with van der Waals surface area (Å²) in [4.78, 5) is 12.4. The molecule has 2 bridgehead atoms. The zero-order valence-electron chi connectivity index (χ0n) is 10.8. The molecule has 116 valence electrons. The molecule has 0 radical (unpaired) electrons. The maximum absolute atomic E-state index is 12.5. The first-order chi connectivity index (χ1) is 8.90. The van der Waals surface area contributed by atoms with Gasteiger partial charge in [0.25, 0.3) is 0 Å². The molecule has 2 rings (SSSR count). The first-order valence-electron chi connectivity index (χ1n) is 6.03. The molecule has 0 unspecified atom stereocenters. The van der Waals surface area contributed by atoms with Gasteiger partial charge in [-0.3, -0.25) is 4.79 Å². The summed E-state index contributed by atoms with van der Waals surface area (Å²) in [6.45, 7) is 3.17. The summed E-state index contributed by atoms with van der Waals surface area (Å²) in [6, 6.07) is 0. The largest absolute Gasteiger partial charge is 0.523 e. The van der Waals surface area contributed by atoms with E-state index in [4.69, 9.17) is 11.6 Å². The Labute approximate surface area is 119 Å². The summed E-state index contributed by atoms with van der Waals surface area (Å²) in [5.41, 5.74) is -8.45. The predicted octanol–water partition coefficient (Wildman–Crippen LogP) is 2.47. The number of ketones is 1. The monoisotopic (exact) mass is 334 g/mol. The Morgan fingerprint density at radius 3 is 2.40 bits per heavy atom. The van der Waals surface area contributed by atoms with Crippen LogP contribution in [0.25, 0.3) is 0 Å². The zero-order chi connectivity index (χ0) is 15.6. The van der Waals surface area contributed by atoms with Crippen molar-refractivity contribution in [1.29, 1.82) is 0 Å². The molecule has 0 aromatic carbocycles. The number of fused-ring (bicyclic) bond motifs is 2. The van der Waals surface area contributed by atoms with Crippen LogP contribution >= 0.6 is 11.6 Å². The minimum absolute atomic E-state index is 0.0490. The second-order valence-corrected chi connectivity index (χ2v) is 7.68. The van der Waals surface area contributed by atoms with Crippen molar-refractivity contribution in [2.24, 2.45) is 17.3 Å². The minimum Gasteiger partial charge on any atom is -0.296 e. The van der Waals surface area contributed by atoms with E-state index in [0.29, 0.717) is 6.42 Å². The molecule has 9 heteroatoms. The van der Waals surface area contributed by atoms with Crippen molar-refractivity contribution < 1.29 is 30.6 Å². The molecular weight excluding hydrogens is 321 g/mol. The van der Waals surface area contributed by atoms with Gasteiger partial charge in [-0.1, -0.05) is 13.8 Å². The number of alkyl halides is 4. The van der Waals surface area contributed by atoms with Crippen LogP contribution in [-0.4, -0.2) is 31.2 Å². The van der Waals surface area contributed by atoms with Crippen LogP contribution in [0.5, 0.6) is 0 Å². The normalized spacial score (nSPS) is 36.6. The lowest BCUT2D eigenvalue weighted by molar-refractivity contribution is -0.142. The van der Waals surface area contributed by atoms with Crippen molar-refractivity contribution in [3.8, 4) is 0 Å². The SMILES string of the molecule is CC1(C)C(=O)[C@@]2(OS(=O)(=O)C(F)(F)F)CC[C@@H]1[C@H]2CCl. The summed E-state index contributed by atoms with van der Waals surface area (Å²) in [5, 5.41) is 0. The molecule has 0 spiro atoms. The van der Waals surface area contributed by atoms with Crippen LogP contribution in [-0.2, 0) is 19.1 Å². The molecule has 0 amide bonds. The Bertz CT molecular complexity index is 542. The molecule has 3 atom stereocenters. The number of carbonyl (C=O) groups is 1. The van der Waals surface area contributed by atoms with Crippen LogP contribution in [0.1, 0.15) is 26.7 Å². The van der Waals surface area contributed by atoms with Gasteiger partial charge in [0.2, 0.25) is 0 Å². The molecule has 0 aliphatic heterocycles. The highest BCUT2D eigenvalue weighted by molar-refractivity contribution is 7.87. The van der Waals surface area contributed by atoms with Gasteiger partial charge in [0, 0.05) is 17.2 Å². The van der Waals surface area contributed by atoms with E-state index in [1.165, 1.54) is 0 Å². The zero-order valence-corrected chi connectivity index (χ0v) is 12.4. The predicted molar refractivity (Wildman–Crippen MR) is 64.5 cm³/mol. The molecule has 0 N–H and O–H groups in total. The van der Waals surface area contributed by atoms with E-state index < -0.39 is 38.3 Å². The molecule has 0 saturated heterocycles. The van der Waals surface area contributed by atoms with Crippen LogP contribution in [0.15, 0.2) is 0 Å². The van der Waals surface area contributed by atoms with E-state index in [9.17, 15) is 26.4 Å². The molecule has 4 nitrogen and oxygen atoms in total. The fourth-order valence-electron chi connectivity index (χ4n) is 3.56. The Balaban J connectivity index is 2.46. The second-order valence-electron chi connectivity index (χ2n) is 5.83. The van der Waals surface area contributed by atoms with Gasteiger partial charge in [0.1, 0.15) is 0 Å². The summed E-state index contributed by atoms with van der Waals surface area (Å²) in [5.74, 6) is -1.72. The lowest BCUT2D eigenvalue weighted by Gasteiger charge is -2.32. The van der Waals surface area contributed by atoms with Gasteiger partial charge < -0.3 is 0 Å². The highest BCUT2D eigenvalue weighted by atomic mass is 35.5. The van der Waals surface area contributed by atoms with Crippen molar-refractivity contribution in [3.05, 3.63) is 0 Å². The third-order valence-corrected chi connectivity index (χ3v) is 5.93. The smallest absolute Gasteiger partial charge is 0.296 e. The molecule has 2 saturated carbocycles. The standard InChI is InChI=1S/C11H14ClF3O4S/c1-9(2)6-3-4-10(8(9)16,7(6)5-12)19-20(17,18)11(13,14)15/h6-7H,3-5H2,1-2H3/t6-,7-,10-/m1/s1. The number of hydrogen-bond donors (Lipinski definition) is 0. The third-order valence-electron chi connectivity index (χ3n) is 4.52. The number of Topliss-reactive ketones (excluding diaryl/α,β-unsaturated/α-hetero) is 1. The van der Waals surface area contributed by atoms with Gasteiger partial charge in [0.15, 0.2) is 11.4 Å². The fourth-order valence-corrected chi connectivity index (χ4v) is 4.79. The quantitative estimate of drug-likeness (QED) is 0.452. The average Bonchev–Trinajstić information content (AvgIpc) is 2.70. The van der Waals surface area contributed by atoms with Crippen LogP contribution in [0, 0.1) is 17.3 Å². The van der Waals surface area contributed by atoms with Crippen molar-refractivity contribution in [3.63, 3.8) is 0 Å². The molecule has 2 aliphatic carbocycles. The van der Waals surface area contributed by atoms with Crippen molar-refractivity contribution in [2.45, 2.75) is 37.8 Å². The lowest BCUT2D eigenvalue weighted by Crippen LogP contribution is -2.49. The van der Waals surface area contributed by atoms with Crippen LogP contribution < -0.4 is 0 Å². The molecule has 0 aromatic heterocycles. The lowest BCUT2D eigenvalue weighted by atomic mass is 9.74. The van der Waals surface area contributed by atoms with E-state index >= 15 is 0 Å². The average molecular weight is 335 g/mol. The van der Waals surface area contributed by atoms with E-state index in [0.717, 1.165) is 0 Å². The first-order valence-corrected chi connectivity index (χ1v) is 7.97. The Hall–Kier alpha value is -0.340. The van der Waals surface area contributed by atoms with Gasteiger partial charge in [-0.25, -0.2) is 4.18 Å². The maximum atomic E-state index is 12.5. The first kappa shape index (κ1) is 16.0. The van der Waals surface area contributed by atoms with Crippen LogP contribution in [0.3, 0.4) is 0 Å². The number of carbonyl (C=O) groups excluding carboxylic acids is 1. The summed E-state index contributed by atoms with van der Waals surface area (Å²) in [6.07, 6.45) is 0.371. The Morgan fingerprint density at radius 2 is 1.95 bits per heavy atom. The highest BCUT2D eigenvalue weighted by Crippen LogP contribution is 2.61. The van der Waals surface area contributed by atoms with Crippen molar-refractivity contribution in [1.82, 2.24) is 0 Å². The van der Waals surface area contributed by atoms with Gasteiger partial charge in [-0.2, -0.15) is 21.6 Å². The second kappa shape index (κ2) is 4.33. The molecule has 2 aliphatic rings. The number of hydrogen-bond acceptors (Lipinski definition) is 4. The third kappa shape index (κ3) is 1.91. The molecule has 2 fully saturated rings. The van der Waals surface area contributed by atoms with Crippen LogP contribution in [0.4, 0.5) is 13.2 Å². The molecule has 0 heterocycles. The van der Waals surface area contributed by atoms with Gasteiger partial charge in [-0.15, -0.1) is 11.6 Å².